The highest BCUT2D eigenvalue weighted by molar-refractivity contribution is 9.10. The molecule has 0 bridgehead atoms. The monoisotopic (exact) mass is 343 g/mol. The van der Waals surface area contributed by atoms with Gasteiger partial charge in [0, 0.05) is 28.8 Å². The largest absolute Gasteiger partial charge is 0.409 e. The summed E-state index contributed by atoms with van der Waals surface area (Å²) in [6, 6.07) is 5.61. The van der Waals surface area contributed by atoms with Crippen LogP contribution < -0.4 is 10.6 Å². The molecule has 1 aromatic rings. The van der Waals surface area contributed by atoms with E-state index < -0.39 is 0 Å². The summed E-state index contributed by atoms with van der Waals surface area (Å²) in [7, 11) is 0. The topological polar surface area (TPSA) is 91.3 Å². The molecule has 110 valence electrons. The van der Waals surface area contributed by atoms with E-state index >= 15 is 0 Å². The Morgan fingerprint density at radius 2 is 2.30 bits per heavy atom. The van der Waals surface area contributed by atoms with Crippen molar-refractivity contribution in [3.05, 3.63) is 28.2 Å². The molecule has 1 heterocycles. The lowest BCUT2D eigenvalue weighted by Crippen LogP contribution is -2.48. The minimum atomic E-state index is -0.234. The van der Waals surface area contributed by atoms with E-state index in [0.717, 1.165) is 10.2 Å². The molecule has 0 spiro atoms. The molecule has 0 amide bonds. The molecule has 2 unspecified atom stereocenters. The predicted octanol–water partition coefficient (Wildman–Crippen LogP) is 1.13. The van der Waals surface area contributed by atoms with Crippen LogP contribution in [0.2, 0.25) is 0 Å². The van der Waals surface area contributed by atoms with E-state index in [2.05, 4.69) is 26.0 Å². The van der Waals surface area contributed by atoms with Gasteiger partial charge in [0.15, 0.2) is 5.84 Å². The van der Waals surface area contributed by atoms with Gasteiger partial charge in [-0.3, -0.25) is 0 Å². The summed E-state index contributed by atoms with van der Waals surface area (Å²) in [5.41, 5.74) is 7.25. The van der Waals surface area contributed by atoms with Gasteiger partial charge in [0.05, 0.1) is 18.8 Å². The Bertz CT molecular complexity index is 510. The molecule has 20 heavy (non-hydrogen) atoms. The van der Waals surface area contributed by atoms with Crippen molar-refractivity contribution in [3.8, 4) is 0 Å². The molecule has 0 radical (unpaired) electrons. The van der Waals surface area contributed by atoms with Crippen LogP contribution in [-0.4, -0.2) is 48.1 Å². The lowest BCUT2D eigenvalue weighted by atomic mass is 10.1. The van der Waals surface area contributed by atoms with Crippen molar-refractivity contribution in [2.24, 2.45) is 10.9 Å². The molecule has 6 nitrogen and oxygen atoms in total. The van der Waals surface area contributed by atoms with Gasteiger partial charge in [0.1, 0.15) is 0 Å². The van der Waals surface area contributed by atoms with Crippen LogP contribution in [-0.2, 0) is 4.74 Å². The van der Waals surface area contributed by atoms with Crippen molar-refractivity contribution >= 4 is 27.5 Å². The second-order valence-electron chi connectivity index (χ2n) is 4.80. The number of rotatable bonds is 3. The van der Waals surface area contributed by atoms with Crippen molar-refractivity contribution in [2.75, 3.05) is 24.6 Å². The van der Waals surface area contributed by atoms with Gasteiger partial charge in [-0.1, -0.05) is 21.1 Å². The third-order valence-electron chi connectivity index (χ3n) is 3.21. The van der Waals surface area contributed by atoms with Crippen molar-refractivity contribution in [1.29, 1.82) is 0 Å². The Morgan fingerprint density at radius 3 is 2.95 bits per heavy atom. The quantitative estimate of drug-likeness (QED) is 0.331. The summed E-state index contributed by atoms with van der Waals surface area (Å²) in [6.45, 7) is 3.17. The van der Waals surface area contributed by atoms with Gasteiger partial charge in [-0.15, -0.1) is 0 Å². The predicted molar refractivity (Wildman–Crippen MR) is 80.3 cm³/mol. The fourth-order valence-corrected chi connectivity index (χ4v) is 2.75. The molecule has 0 saturated carbocycles. The van der Waals surface area contributed by atoms with Crippen LogP contribution in [0.5, 0.6) is 0 Å². The molecule has 1 aliphatic heterocycles. The minimum absolute atomic E-state index is 0.00434. The standard InChI is InChI=1S/C13H18BrN3O3/c1-8-5-17(6-10(7-18)20-8)12-3-2-9(14)4-11(12)13(15)16-19/h2-4,8,10,18-19H,5-7H2,1H3,(H2,15,16). The van der Waals surface area contributed by atoms with Crippen molar-refractivity contribution < 1.29 is 15.1 Å². The number of hydrogen-bond acceptors (Lipinski definition) is 5. The number of nitrogens with zero attached hydrogens (tertiary/aromatic N) is 2. The highest BCUT2D eigenvalue weighted by atomic mass is 79.9. The molecule has 0 aliphatic carbocycles. The van der Waals surface area contributed by atoms with Crippen LogP contribution in [0.25, 0.3) is 0 Å². The van der Waals surface area contributed by atoms with E-state index in [1.165, 1.54) is 0 Å². The third-order valence-corrected chi connectivity index (χ3v) is 3.71. The summed E-state index contributed by atoms with van der Waals surface area (Å²) in [5.74, 6) is 0.0565. The van der Waals surface area contributed by atoms with Crippen molar-refractivity contribution in [3.63, 3.8) is 0 Å². The summed E-state index contributed by atoms with van der Waals surface area (Å²) in [4.78, 5) is 2.08. The maximum Gasteiger partial charge on any atom is 0.172 e. The van der Waals surface area contributed by atoms with E-state index in [1.807, 2.05) is 19.1 Å². The average molecular weight is 344 g/mol. The van der Waals surface area contributed by atoms with Crippen molar-refractivity contribution in [1.82, 2.24) is 0 Å². The first-order chi connectivity index (χ1) is 9.55. The second kappa shape index (κ2) is 6.43. The number of nitrogens with two attached hydrogens (primary N) is 1. The number of ether oxygens (including phenoxy) is 1. The molecular formula is C13H18BrN3O3. The number of oxime groups is 1. The fraction of sp³-hybridized carbons (Fsp3) is 0.462. The first-order valence-corrected chi connectivity index (χ1v) is 7.13. The van der Waals surface area contributed by atoms with Crippen LogP contribution >= 0.6 is 15.9 Å². The van der Waals surface area contributed by atoms with Gasteiger partial charge in [0.25, 0.3) is 0 Å². The van der Waals surface area contributed by atoms with Crippen LogP contribution in [0.15, 0.2) is 27.8 Å². The summed E-state index contributed by atoms with van der Waals surface area (Å²) in [6.07, 6.45) is -0.229. The smallest absolute Gasteiger partial charge is 0.172 e. The number of aliphatic hydroxyl groups is 1. The molecular weight excluding hydrogens is 326 g/mol. The van der Waals surface area contributed by atoms with Gasteiger partial charge in [0.2, 0.25) is 0 Å². The maximum atomic E-state index is 9.29. The van der Waals surface area contributed by atoms with E-state index in [9.17, 15) is 5.11 Å². The highest BCUT2D eigenvalue weighted by Gasteiger charge is 2.26. The normalized spacial score (nSPS) is 23.9. The van der Waals surface area contributed by atoms with E-state index in [1.54, 1.807) is 6.07 Å². The number of amidine groups is 1. The minimum Gasteiger partial charge on any atom is -0.409 e. The van der Waals surface area contributed by atoms with Gasteiger partial charge in [-0.05, 0) is 25.1 Å². The molecule has 1 fully saturated rings. The molecule has 7 heteroatoms. The summed E-state index contributed by atoms with van der Waals surface area (Å²) < 4.78 is 6.48. The molecule has 0 aromatic heterocycles. The Hall–Kier alpha value is -1.31. The Labute approximate surface area is 125 Å². The van der Waals surface area contributed by atoms with Gasteiger partial charge < -0.3 is 25.7 Å². The average Bonchev–Trinajstić information content (AvgIpc) is 2.45. The number of benzene rings is 1. The Kier molecular flexibility index (Phi) is 4.85. The fourth-order valence-electron chi connectivity index (χ4n) is 2.39. The first kappa shape index (κ1) is 15.1. The van der Waals surface area contributed by atoms with Gasteiger partial charge in [-0.2, -0.15) is 0 Å². The SMILES string of the molecule is CC1CN(c2ccc(Br)cc2/C(N)=N/O)CC(CO)O1. The second-order valence-corrected chi connectivity index (χ2v) is 5.72. The van der Waals surface area contributed by atoms with Crippen LogP contribution in [0.1, 0.15) is 12.5 Å². The van der Waals surface area contributed by atoms with Crippen molar-refractivity contribution in [2.45, 2.75) is 19.1 Å². The number of anilines is 1. The number of halogens is 1. The lowest BCUT2D eigenvalue weighted by Gasteiger charge is -2.38. The Balaban J connectivity index is 2.36. The molecule has 4 N–H and O–H groups in total. The number of aliphatic hydroxyl groups excluding tert-OH is 1. The summed E-state index contributed by atoms with van der Waals surface area (Å²) in [5, 5.41) is 21.3. The zero-order valence-corrected chi connectivity index (χ0v) is 12.7. The first-order valence-electron chi connectivity index (χ1n) is 6.34. The van der Waals surface area contributed by atoms with E-state index in [-0.39, 0.29) is 24.7 Å². The van der Waals surface area contributed by atoms with Gasteiger partial charge in [-0.25, -0.2) is 0 Å². The zero-order valence-electron chi connectivity index (χ0n) is 11.2. The molecule has 1 aromatic carbocycles. The summed E-state index contributed by atoms with van der Waals surface area (Å²) >= 11 is 3.38. The molecule has 2 atom stereocenters. The zero-order chi connectivity index (χ0) is 14.7. The maximum absolute atomic E-state index is 9.29. The van der Waals surface area contributed by atoms with Crippen LogP contribution in [0.4, 0.5) is 5.69 Å². The molecule has 1 saturated heterocycles. The number of morpholine rings is 1. The van der Waals surface area contributed by atoms with E-state index in [4.69, 9.17) is 15.7 Å². The molecule has 1 aliphatic rings. The highest BCUT2D eigenvalue weighted by Crippen LogP contribution is 2.27. The lowest BCUT2D eigenvalue weighted by molar-refractivity contribution is -0.0421. The third kappa shape index (κ3) is 3.23. The van der Waals surface area contributed by atoms with Crippen LogP contribution in [0, 0.1) is 0 Å². The number of hydrogen-bond donors (Lipinski definition) is 3. The van der Waals surface area contributed by atoms with Crippen LogP contribution in [0.3, 0.4) is 0 Å². The van der Waals surface area contributed by atoms with E-state index in [0.29, 0.717) is 18.7 Å². The molecule has 2 rings (SSSR count). The van der Waals surface area contributed by atoms with Gasteiger partial charge >= 0.3 is 0 Å². The Morgan fingerprint density at radius 1 is 1.55 bits per heavy atom.